The van der Waals surface area contributed by atoms with Crippen LogP contribution >= 0.6 is 22.6 Å². The molecule has 4 heterocycles. The number of hydrogen-bond acceptors (Lipinski definition) is 8. The van der Waals surface area contributed by atoms with E-state index in [1.54, 1.807) is 26.4 Å². The van der Waals surface area contributed by atoms with E-state index in [1.165, 1.54) is 6.33 Å². The highest BCUT2D eigenvalue weighted by Gasteiger charge is 2.41. The van der Waals surface area contributed by atoms with E-state index in [0.717, 1.165) is 25.6 Å². The SMILES string of the molecule is CN(C)C=Nc1ncnc2c1ccn2[C@@H]1O[C@H](COc2cc3ncccc3cc2I)C[C@H]1OC(C)(C)O. The van der Waals surface area contributed by atoms with Crippen molar-refractivity contribution in [2.24, 2.45) is 4.99 Å². The summed E-state index contributed by atoms with van der Waals surface area (Å²) in [5.74, 6) is -0.0170. The number of nitrogens with zero attached hydrogens (tertiary/aromatic N) is 6. The van der Waals surface area contributed by atoms with E-state index in [9.17, 15) is 5.11 Å². The Morgan fingerprint density at radius 2 is 2.11 bits per heavy atom. The Kier molecular flexibility index (Phi) is 7.30. The van der Waals surface area contributed by atoms with Crippen LogP contribution in [0.3, 0.4) is 0 Å². The largest absolute Gasteiger partial charge is 0.490 e. The van der Waals surface area contributed by atoms with E-state index in [4.69, 9.17) is 14.2 Å². The van der Waals surface area contributed by atoms with Crippen molar-refractivity contribution >= 4 is 56.7 Å². The maximum Gasteiger partial charge on any atom is 0.166 e. The number of fused-ring (bicyclic) bond motifs is 2. The Morgan fingerprint density at radius 1 is 1.27 bits per heavy atom. The molecule has 0 spiro atoms. The van der Waals surface area contributed by atoms with Crippen molar-refractivity contribution in [2.45, 2.75) is 44.5 Å². The fourth-order valence-corrected chi connectivity index (χ4v) is 4.99. The second-order valence-electron chi connectivity index (χ2n) is 9.64. The van der Waals surface area contributed by atoms with Gasteiger partial charge in [0.05, 0.1) is 26.9 Å². The molecule has 1 fully saturated rings. The van der Waals surface area contributed by atoms with Crippen LogP contribution in [0.4, 0.5) is 5.82 Å². The molecule has 0 amide bonds. The Hall–Kier alpha value is -2.87. The first-order valence-corrected chi connectivity index (χ1v) is 13.0. The molecule has 194 valence electrons. The van der Waals surface area contributed by atoms with Gasteiger partial charge in [-0.2, -0.15) is 0 Å². The van der Waals surface area contributed by atoms with Crippen molar-refractivity contribution in [3.05, 3.63) is 52.6 Å². The number of aromatic nitrogens is 4. The lowest BCUT2D eigenvalue weighted by atomic mass is 10.2. The molecule has 1 saturated heterocycles. The minimum absolute atomic E-state index is 0.266. The maximum absolute atomic E-state index is 10.4. The number of aliphatic imine (C=N–C) groups is 1. The number of rotatable bonds is 8. The van der Waals surface area contributed by atoms with Crippen molar-refractivity contribution < 1.29 is 19.3 Å². The Labute approximate surface area is 228 Å². The molecular formula is C26H29IN6O4. The molecule has 11 heteroatoms. The van der Waals surface area contributed by atoms with Gasteiger partial charge in [-0.05, 0) is 54.6 Å². The molecular weight excluding hydrogens is 587 g/mol. The minimum atomic E-state index is -1.33. The zero-order valence-electron chi connectivity index (χ0n) is 21.1. The van der Waals surface area contributed by atoms with E-state index >= 15 is 0 Å². The van der Waals surface area contributed by atoms with Crippen LogP contribution in [0.2, 0.25) is 0 Å². The van der Waals surface area contributed by atoms with E-state index < -0.39 is 18.1 Å². The predicted octanol–water partition coefficient (Wildman–Crippen LogP) is 4.29. The average molecular weight is 616 g/mol. The fourth-order valence-electron chi connectivity index (χ4n) is 4.35. The molecule has 5 rings (SSSR count). The summed E-state index contributed by atoms with van der Waals surface area (Å²) in [5.41, 5.74) is 1.55. The van der Waals surface area contributed by atoms with E-state index in [0.29, 0.717) is 24.5 Å². The first-order chi connectivity index (χ1) is 17.7. The van der Waals surface area contributed by atoms with Gasteiger partial charge >= 0.3 is 0 Å². The maximum atomic E-state index is 10.4. The standard InChI is InChI=1S/C26H29IN6O4/c1-26(2,34)37-22-11-17(13-35-21-12-20-16(10-19(21)27)6-5-8-28-20)36-25(22)33-9-7-18-23(31-15-32(3)4)29-14-30-24(18)33/h5-10,12,14-15,17,22,25,34H,11,13H2,1-4H3/t17-,22+,25+/m0/s1. The topological polar surface area (TPSA) is 107 Å². The molecule has 37 heavy (non-hydrogen) atoms. The lowest BCUT2D eigenvalue weighted by molar-refractivity contribution is -0.222. The lowest BCUT2D eigenvalue weighted by Gasteiger charge is -2.27. The summed E-state index contributed by atoms with van der Waals surface area (Å²) in [6.07, 6.45) is 6.16. The Balaban J connectivity index is 1.39. The van der Waals surface area contributed by atoms with Gasteiger partial charge in [0.15, 0.2) is 17.8 Å². The monoisotopic (exact) mass is 616 g/mol. The summed E-state index contributed by atoms with van der Waals surface area (Å²) < 4.78 is 21.5. The number of aliphatic hydroxyl groups is 1. The van der Waals surface area contributed by atoms with Crippen molar-refractivity contribution in [1.82, 2.24) is 24.4 Å². The lowest BCUT2D eigenvalue weighted by Crippen LogP contribution is -2.33. The third-order valence-corrected chi connectivity index (χ3v) is 6.68. The van der Waals surface area contributed by atoms with Gasteiger partial charge in [0.1, 0.15) is 30.4 Å². The van der Waals surface area contributed by atoms with Gasteiger partial charge in [0.2, 0.25) is 0 Å². The number of benzene rings is 1. The van der Waals surface area contributed by atoms with Gasteiger partial charge in [-0.3, -0.25) is 4.98 Å². The van der Waals surface area contributed by atoms with Gasteiger partial charge in [-0.15, -0.1) is 0 Å². The molecule has 3 aromatic heterocycles. The molecule has 1 aliphatic rings. The van der Waals surface area contributed by atoms with Crippen LogP contribution in [0.1, 0.15) is 26.5 Å². The van der Waals surface area contributed by atoms with Crippen molar-refractivity contribution in [3.8, 4) is 5.75 Å². The van der Waals surface area contributed by atoms with Crippen LogP contribution in [0, 0.1) is 3.57 Å². The molecule has 1 aromatic carbocycles. The summed E-state index contributed by atoms with van der Waals surface area (Å²) in [7, 11) is 3.80. The van der Waals surface area contributed by atoms with Crippen LogP contribution in [0.15, 0.2) is 54.0 Å². The highest BCUT2D eigenvalue weighted by atomic mass is 127. The highest BCUT2D eigenvalue weighted by molar-refractivity contribution is 14.1. The molecule has 0 bridgehead atoms. The fraction of sp³-hybridized carbons (Fsp3) is 0.385. The van der Waals surface area contributed by atoms with Crippen molar-refractivity contribution in [2.75, 3.05) is 20.7 Å². The van der Waals surface area contributed by atoms with Crippen LogP contribution in [-0.2, 0) is 9.47 Å². The summed E-state index contributed by atoms with van der Waals surface area (Å²) in [5, 5.41) is 12.3. The molecule has 1 aliphatic heterocycles. The molecule has 3 atom stereocenters. The van der Waals surface area contributed by atoms with Crippen LogP contribution in [-0.4, -0.2) is 74.6 Å². The zero-order chi connectivity index (χ0) is 26.2. The first-order valence-electron chi connectivity index (χ1n) is 11.9. The number of hydrogen-bond donors (Lipinski definition) is 1. The summed E-state index contributed by atoms with van der Waals surface area (Å²) >= 11 is 2.27. The molecule has 0 aliphatic carbocycles. The Bertz CT molecular complexity index is 1430. The number of pyridine rings is 1. The third-order valence-electron chi connectivity index (χ3n) is 5.84. The molecule has 0 unspecified atom stereocenters. The minimum Gasteiger partial charge on any atom is -0.490 e. The van der Waals surface area contributed by atoms with E-state index in [2.05, 4.69) is 48.6 Å². The molecule has 0 radical (unpaired) electrons. The molecule has 10 nitrogen and oxygen atoms in total. The summed E-state index contributed by atoms with van der Waals surface area (Å²) in [4.78, 5) is 19.5. The first kappa shape index (κ1) is 25.8. The Morgan fingerprint density at radius 3 is 2.89 bits per heavy atom. The molecule has 4 aromatic rings. The van der Waals surface area contributed by atoms with Crippen LogP contribution in [0.25, 0.3) is 21.9 Å². The quantitative estimate of drug-likeness (QED) is 0.135. The van der Waals surface area contributed by atoms with Gasteiger partial charge < -0.3 is 28.8 Å². The summed E-state index contributed by atoms with van der Waals surface area (Å²) in [6.45, 7) is 3.55. The molecule has 1 N–H and O–H groups in total. The van der Waals surface area contributed by atoms with Crippen LogP contribution in [0.5, 0.6) is 5.75 Å². The van der Waals surface area contributed by atoms with E-state index in [-0.39, 0.29) is 6.10 Å². The second-order valence-corrected chi connectivity index (χ2v) is 10.8. The number of ether oxygens (including phenoxy) is 3. The normalized spacial score (nSPS) is 20.3. The smallest absolute Gasteiger partial charge is 0.166 e. The van der Waals surface area contributed by atoms with E-state index in [1.807, 2.05) is 54.0 Å². The third kappa shape index (κ3) is 5.84. The van der Waals surface area contributed by atoms with Gasteiger partial charge in [-0.25, -0.2) is 15.0 Å². The van der Waals surface area contributed by atoms with Crippen molar-refractivity contribution in [1.29, 1.82) is 0 Å². The predicted molar refractivity (Wildman–Crippen MR) is 149 cm³/mol. The zero-order valence-corrected chi connectivity index (χ0v) is 23.2. The highest BCUT2D eigenvalue weighted by Crippen LogP contribution is 2.37. The van der Waals surface area contributed by atoms with Crippen molar-refractivity contribution in [3.63, 3.8) is 0 Å². The summed E-state index contributed by atoms with van der Waals surface area (Å²) in [6, 6.07) is 9.86. The average Bonchev–Trinajstić information content (AvgIpc) is 3.44. The van der Waals surface area contributed by atoms with Gasteiger partial charge in [0.25, 0.3) is 0 Å². The molecule has 0 saturated carbocycles. The number of halogens is 1. The second kappa shape index (κ2) is 10.5. The van der Waals surface area contributed by atoms with Gasteiger partial charge in [-0.1, -0.05) is 6.07 Å². The van der Waals surface area contributed by atoms with Gasteiger partial charge in [0, 0.05) is 44.4 Å². The van der Waals surface area contributed by atoms with Crippen LogP contribution < -0.4 is 4.74 Å².